The van der Waals surface area contributed by atoms with Crippen molar-refractivity contribution in [1.29, 1.82) is 0 Å². The monoisotopic (exact) mass is 219 g/mol. The molecule has 2 heteroatoms. The van der Waals surface area contributed by atoms with Gasteiger partial charge in [-0.25, -0.2) is 0 Å². The summed E-state index contributed by atoms with van der Waals surface area (Å²) in [7, 11) is 0. The Hall–Kier alpha value is -0.860. The molecule has 2 rings (SSSR count). The van der Waals surface area contributed by atoms with Gasteiger partial charge in [0.2, 0.25) is 0 Å². The van der Waals surface area contributed by atoms with E-state index in [-0.39, 0.29) is 6.10 Å². The van der Waals surface area contributed by atoms with Crippen LogP contribution in [-0.2, 0) is 6.54 Å². The molecule has 0 bridgehead atoms. The molecule has 1 fully saturated rings. The number of rotatable bonds is 3. The van der Waals surface area contributed by atoms with E-state index < -0.39 is 0 Å². The first-order valence-electron chi connectivity index (χ1n) is 6.11. The van der Waals surface area contributed by atoms with Crippen molar-refractivity contribution >= 4 is 0 Å². The van der Waals surface area contributed by atoms with E-state index in [2.05, 4.69) is 36.1 Å². The fourth-order valence-electron chi connectivity index (χ4n) is 2.47. The Balaban J connectivity index is 1.92. The van der Waals surface area contributed by atoms with E-state index in [0.29, 0.717) is 5.92 Å². The lowest BCUT2D eigenvalue weighted by Crippen LogP contribution is -2.23. The molecule has 1 aromatic carbocycles. The third-order valence-electron chi connectivity index (χ3n) is 3.48. The lowest BCUT2D eigenvalue weighted by Gasteiger charge is -2.17. The molecule has 0 spiro atoms. The summed E-state index contributed by atoms with van der Waals surface area (Å²) in [5.41, 5.74) is 2.70. The molecule has 2 unspecified atom stereocenters. The van der Waals surface area contributed by atoms with Gasteiger partial charge in [-0.1, -0.05) is 29.8 Å². The van der Waals surface area contributed by atoms with Crippen LogP contribution in [0.1, 0.15) is 24.5 Å². The Morgan fingerprint density at radius 1 is 1.50 bits per heavy atom. The van der Waals surface area contributed by atoms with E-state index in [0.717, 1.165) is 26.1 Å². The predicted octanol–water partition coefficient (Wildman–Crippen LogP) is 2.20. The van der Waals surface area contributed by atoms with Crippen LogP contribution in [0.25, 0.3) is 0 Å². The second kappa shape index (κ2) is 4.98. The first-order valence-corrected chi connectivity index (χ1v) is 6.11. The summed E-state index contributed by atoms with van der Waals surface area (Å²) < 4.78 is 0. The minimum Gasteiger partial charge on any atom is -0.393 e. The van der Waals surface area contributed by atoms with Crippen molar-refractivity contribution in [1.82, 2.24) is 4.90 Å². The molecule has 1 saturated heterocycles. The number of hydrogen-bond acceptors (Lipinski definition) is 2. The average molecular weight is 219 g/mol. The third kappa shape index (κ3) is 2.83. The standard InChI is InChI=1S/C14H21NO/c1-11-4-3-5-13(8-11)9-15-7-6-14(10-15)12(2)16/h3-5,8,12,14,16H,6-7,9-10H2,1-2H3. The molecular formula is C14H21NO. The first kappa shape index (κ1) is 11.6. The van der Waals surface area contributed by atoms with Crippen LogP contribution in [0.4, 0.5) is 0 Å². The van der Waals surface area contributed by atoms with Crippen molar-refractivity contribution in [3.05, 3.63) is 35.4 Å². The van der Waals surface area contributed by atoms with Crippen LogP contribution in [-0.4, -0.2) is 29.2 Å². The Morgan fingerprint density at radius 2 is 2.31 bits per heavy atom. The van der Waals surface area contributed by atoms with E-state index >= 15 is 0 Å². The van der Waals surface area contributed by atoms with Gasteiger partial charge >= 0.3 is 0 Å². The van der Waals surface area contributed by atoms with E-state index in [9.17, 15) is 5.11 Å². The molecule has 1 N–H and O–H groups in total. The molecule has 0 radical (unpaired) electrons. The summed E-state index contributed by atoms with van der Waals surface area (Å²) in [6, 6.07) is 8.68. The number of aryl methyl sites for hydroxylation is 1. The lowest BCUT2D eigenvalue weighted by molar-refractivity contribution is 0.127. The maximum atomic E-state index is 9.55. The zero-order valence-electron chi connectivity index (χ0n) is 10.2. The fourth-order valence-corrected chi connectivity index (χ4v) is 2.47. The van der Waals surface area contributed by atoms with Crippen LogP contribution in [0.15, 0.2) is 24.3 Å². The van der Waals surface area contributed by atoms with Crippen LogP contribution in [0.5, 0.6) is 0 Å². The predicted molar refractivity (Wildman–Crippen MR) is 66.2 cm³/mol. The summed E-state index contributed by atoms with van der Waals surface area (Å²) >= 11 is 0. The Morgan fingerprint density at radius 3 is 2.94 bits per heavy atom. The molecular weight excluding hydrogens is 198 g/mol. The molecule has 16 heavy (non-hydrogen) atoms. The Labute approximate surface area is 97.9 Å². The molecule has 2 nitrogen and oxygen atoms in total. The van der Waals surface area contributed by atoms with E-state index in [4.69, 9.17) is 0 Å². The van der Waals surface area contributed by atoms with E-state index in [1.54, 1.807) is 0 Å². The van der Waals surface area contributed by atoms with Crippen molar-refractivity contribution in [2.75, 3.05) is 13.1 Å². The highest BCUT2D eigenvalue weighted by Gasteiger charge is 2.25. The van der Waals surface area contributed by atoms with Gasteiger partial charge in [0.05, 0.1) is 6.10 Å². The topological polar surface area (TPSA) is 23.5 Å². The maximum absolute atomic E-state index is 9.55. The normalized spacial score (nSPS) is 23.6. The largest absolute Gasteiger partial charge is 0.393 e. The minimum absolute atomic E-state index is 0.164. The van der Waals surface area contributed by atoms with Crippen molar-refractivity contribution in [2.24, 2.45) is 5.92 Å². The summed E-state index contributed by atoms with van der Waals surface area (Å²) in [4.78, 5) is 2.44. The highest BCUT2D eigenvalue weighted by molar-refractivity contribution is 5.22. The van der Waals surface area contributed by atoms with Crippen LogP contribution >= 0.6 is 0 Å². The number of hydrogen-bond donors (Lipinski definition) is 1. The molecule has 0 amide bonds. The molecule has 0 aromatic heterocycles. The second-order valence-electron chi connectivity index (χ2n) is 5.01. The van der Waals surface area contributed by atoms with Crippen LogP contribution in [0.2, 0.25) is 0 Å². The molecule has 0 aliphatic carbocycles. The molecule has 88 valence electrons. The third-order valence-corrected chi connectivity index (χ3v) is 3.48. The number of likely N-dealkylation sites (tertiary alicyclic amines) is 1. The van der Waals surface area contributed by atoms with Crippen LogP contribution < -0.4 is 0 Å². The van der Waals surface area contributed by atoms with Gasteiger partial charge in [0.1, 0.15) is 0 Å². The highest BCUT2D eigenvalue weighted by Crippen LogP contribution is 2.21. The van der Waals surface area contributed by atoms with Gasteiger partial charge in [-0.3, -0.25) is 4.90 Å². The van der Waals surface area contributed by atoms with E-state index in [1.165, 1.54) is 11.1 Å². The van der Waals surface area contributed by atoms with Crippen LogP contribution in [0.3, 0.4) is 0 Å². The average Bonchev–Trinajstić information content (AvgIpc) is 2.66. The zero-order chi connectivity index (χ0) is 11.5. The van der Waals surface area contributed by atoms with Crippen LogP contribution in [0, 0.1) is 12.8 Å². The van der Waals surface area contributed by atoms with Gasteiger partial charge in [-0.15, -0.1) is 0 Å². The Kier molecular flexibility index (Phi) is 3.62. The molecule has 1 aliphatic heterocycles. The van der Waals surface area contributed by atoms with Crippen molar-refractivity contribution in [3.8, 4) is 0 Å². The molecule has 0 saturated carbocycles. The summed E-state index contributed by atoms with van der Waals surface area (Å²) in [5.74, 6) is 0.463. The van der Waals surface area contributed by atoms with Gasteiger partial charge in [-0.2, -0.15) is 0 Å². The molecule has 1 aliphatic rings. The number of nitrogens with zero attached hydrogens (tertiary/aromatic N) is 1. The number of benzene rings is 1. The van der Waals surface area contributed by atoms with Gasteiger partial charge in [-0.05, 0) is 38.3 Å². The number of aliphatic hydroxyl groups is 1. The van der Waals surface area contributed by atoms with Crippen molar-refractivity contribution in [3.63, 3.8) is 0 Å². The quantitative estimate of drug-likeness (QED) is 0.842. The van der Waals surface area contributed by atoms with Crippen molar-refractivity contribution < 1.29 is 5.11 Å². The molecule has 1 heterocycles. The van der Waals surface area contributed by atoms with Gasteiger partial charge in [0, 0.05) is 13.1 Å². The second-order valence-corrected chi connectivity index (χ2v) is 5.01. The van der Waals surface area contributed by atoms with E-state index in [1.807, 2.05) is 6.92 Å². The highest BCUT2D eigenvalue weighted by atomic mass is 16.3. The zero-order valence-corrected chi connectivity index (χ0v) is 10.2. The number of aliphatic hydroxyl groups excluding tert-OH is 1. The fraction of sp³-hybridized carbons (Fsp3) is 0.571. The molecule has 1 aromatic rings. The van der Waals surface area contributed by atoms with Gasteiger partial charge < -0.3 is 5.11 Å². The lowest BCUT2D eigenvalue weighted by atomic mass is 10.0. The SMILES string of the molecule is Cc1cccc(CN2CCC(C(C)O)C2)c1. The minimum atomic E-state index is -0.164. The van der Waals surface area contributed by atoms with Gasteiger partial charge in [0.15, 0.2) is 0 Å². The maximum Gasteiger partial charge on any atom is 0.0552 e. The summed E-state index contributed by atoms with van der Waals surface area (Å²) in [5, 5.41) is 9.55. The summed E-state index contributed by atoms with van der Waals surface area (Å²) in [6.45, 7) is 7.20. The smallest absolute Gasteiger partial charge is 0.0552 e. The summed E-state index contributed by atoms with van der Waals surface area (Å²) in [6.07, 6.45) is 0.964. The molecule has 2 atom stereocenters. The van der Waals surface area contributed by atoms with Gasteiger partial charge in [0.25, 0.3) is 0 Å². The van der Waals surface area contributed by atoms with Crippen molar-refractivity contribution in [2.45, 2.75) is 32.9 Å². The Bertz CT molecular complexity index is 348. The first-order chi connectivity index (χ1) is 7.65.